The van der Waals surface area contributed by atoms with Gasteiger partial charge in [0.05, 0.1) is 6.42 Å². The zero-order valence-corrected chi connectivity index (χ0v) is 16.5. The first-order valence-electron chi connectivity index (χ1n) is 9.48. The largest absolute Gasteiger partial charge is 0.378 e. The number of rotatable bonds is 6. The van der Waals surface area contributed by atoms with Gasteiger partial charge in [-0.2, -0.15) is 0 Å². The second-order valence-corrected chi connectivity index (χ2v) is 7.69. The van der Waals surface area contributed by atoms with E-state index >= 15 is 0 Å². The Bertz CT molecular complexity index is 798. The van der Waals surface area contributed by atoms with Crippen LogP contribution in [-0.2, 0) is 17.1 Å². The van der Waals surface area contributed by atoms with E-state index in [1.807, 2.05) is 43.3 Å². The fourth-order valence-electron chi connectivity index (χ4n) is 3.56. The predicted molar refractivity (Wildman–Crippen MR) is 108 cm³/mol. The Balaban J connectivity index is 1.62. The smallest absolute Gasteiger partial charge is 0.270 e. The van der Waals surface area contributed by atoms with Crippen molar-refractivity contribution in [1.29, 1.82) is 0 Å². The lowest BCUT2D eigenvalue weighted by Gasteiger charge is -2.21. The Labute approximate surface area is 164 Å². The van der Waals surface area contributed by atoms with Gasteiger partial charge in [0, 0.05) is 57.3 Å². The van der Waals surface area contributed by atoms with Crippen LogP contribution in [0.4, 0.5) is 14.5 Å². The van der Waals surface area contributed by atoms with Crippen molar-refractivity contribution < 1.29 is 13.6 Å². The summed E-state index contributed by atoms with van der Waals surface area (Å²) in [4.78, 5) is 14.5. The van der Waals surface area contributed by atoms with E-state index in [-0.39, 0.29) is 23.4 Å². The second kappa shape index (κ2) is 8.27. The van der Waals surface area contributed by atoms with Crippen LogP contribution in [0.3, 0.4) is 0 Å². The molecule has 6 heteroatoms. The lowest BCUT2D eigenvalue weighted by molar-refractivity contribution is -0.121. The summed E-state index contributed by atoms with van der Waals surface area (Å²) in [5, 5.41) is 6.38. The maximum absolute atomic E-state index is 13.4. The van der Waals surface area contributed by atoms with Crippen LogP contribution in [0, 0.1) is 0 Å². The molecule has 3 rings (SSSR count). The number of benzene rings is 2. The van der Waals surface area contributed by atoms with E-state index in [1.54, 1.807) is 12.1 Å². The molecule has 0 spiro atoms. The number of hydrogen-bond acceptors (Lipinski definition) is 3. The van der Waals surface area contributed by atoms with Crippen molar-refractivity contribution in [3.63, 3.8) is 0 Å². The van der Waals surface area contributed by atoms with Crippen molar-refractivity contribution in [2.24, 2.45) is 0 Å². The summed E-state index contributed by atoms with van der Waals surface area (Å²) in [5.41, 5.74) is 3.01. The van der Waals surface area contributed by atoms with Crippen LogP contribution in [0.2, 0.25) is 0 Å². The first kappa shape index (κ1) is 20.3. The first-order chi connectivity index (χ1) is 13.2. The second-order valence-electron chi connectivity index (χ2n) is 7.69. The van der Waals surface area contributed by atoms with Gasteiger partial charge >= 0.3 is 0 Å². The van der Waals surface area contributed by atoms with Gasteiger partial charge in [-0.3, -0.25) is 4.79 Å². The standard InChI is InChI=1S/C22H27F2N3O/c1-22(23,24)17-8-6-16(7-9-17)19-13-25-14-20(19)26-21(28)12-15-4-10-18(11-5-15)27(2)3/h4-11,19-20,25H,12-14H2,1-3H3,(H,26,28)/t19-,20+/m0/s1. The number of carbonyl (C=O) groups is 1. The molecule has 1 aliphatic rings. The van der Waals surface area contributed by atoms with Crippen molar-refractivity contribution in [2.75, 3.05) is 32.1 Å². The van der Waals surface area contributed by atoms with Crippen LogP contribution in [-0.4, -0.2) is 39.1 Å². The van der Waals surface area contributed by atoms with Crippen LogP contribution >= 0.6 is 0 Å². The van der Waals surface area contributed by atoms with Crippen molar-refractivity contribution in [3.05, 3.63) is 65.2 Å². The molecule has 1 saturated heterocycles. The molecule has 1 aliphatic heterocycles. The van der Waals surface area contributed by atoms with Crippen LogP contribution in [0.15, 0.2) is 48.5 Å². The van der Waals surface area contributed by atoms with Crippen molar-refractivity contribution in [2.45, 2.75) is 31.2 Å². The van der Waals surface area contributed by atoms with Crippen LogP contribution in [0.25, 0.3) is 0 Å². The molecule has 1 fully saturated rings. The quantitative estimate of drug-likeness (QED) is 0.800. The highest BCUT2D eigenvalue weighted by Crippen LogP contribution is 2.29. The van der Waals surface area contributed by atoms with Gasteiger partial charge in [0.2, 0.25) is 5.91 Å². The van der Waals surface area contributed by atoms with E-state index in [9.17, 15) is 13.6 Å². The normalized spacial score (nSPS) is 19.5. The van der Waals surface area contributed by atoms with Gasteiger partial charge < -0.3 is 15.5 Å². The summed E-state index contributed by atoms with van der Waals surface area (Å²) in [7, 11) is 3.95. The molecule has 1 heterocycles. The Morgan fingerprint density at radius 1 is 1.11 bits per heavy atom. The van der Waals surface area contributed by atoms with Crippen LogP contribution in [0.1, 0.15) is 29.5 Å². The molecule has 2 aromatic carbocycles. The Morgan fingerprint density at radius 3 is 2.32 bits per heavy atom. The zero-order chi connectivity index (χ0) is 20.3. The molecule has 0 unspecified atom stereocenters. The van der Waals surface area contributed by atoms with Gasteiger partial charge in [0.25, 0.3) is 5.92 Å². The molecule has 28 heavy (non-hydrogen) atoms. The number of nitrogens with zero attached hydrogens (tertiary/aromatic N) is 1. The number of amides is 1. The summed E-state index contributed by atoms with van der Waals surface area (Å²) in [6.07, 6.45) is 0.317. The topological polar surface area (TPSA) is 44.4 Å². The highest BCUT2D eigenvalue weighted by Gasteiger charge is 2.30. The SMILES string of the molecule is CN(C)c1ccc(CC(=O)N[C@@H]2CNC[C@H]2c2ccc(C(C)(F)F)cc2)cc1. The molecule has 0 bridgehead atoms. The highest BCUT2D eigenvalue weighted by atomic mass is 19.3. The van der Waals surface area contributed by atoms with E-state index in [0.717, 1.165) is 23.7 Å². The molecular weight excluding hydrogens is 360 g/mol. The maximum atomic E-state index is 13.4. The zero-order valence-electron chi connectivity index (χ0n) is 16.5. The van der Waals surface area contributed by atoms with Gasteiger partial charge in [0.15, 0.2) is 0 Å². The summed E-state index contributed by atoms with van der Waals surface area (Å²) in [6, 6.07) is 14.3. The van der Waals surface area contributed by atoms with Gasteiger partial charge in [-0.15, -0.1) is 0 Å². The average molecular weight is 387 g/mol. The first-order valence-corrected chi connectivity index (χ1v) is 9.48. The minimum absolute atomic E-state index is 0.00367. The molecular formula is C22H27F2N3O. The molecule has 0 aliphatic carbocycles. The summed E-state index contributed by atoms with van der Waals surface area (Å²) >= 11 is 0. The predicted octanol–water partition coefficient (Wildman–Crippen LogP) is 3.28. The van der Waals surface area contributed by atoms with E-state index < -0.39 is 5.92 Å². The van der Waals surface area contributed by atoms with E-state index in [0.29, 0.717) is 19.5 Å². The third-order valence-corrected chi connectivity index (χ3v) is 5.22. The fourth-order valence-corrected chi connectivity index (χ4v) is 3.56. The van der Waals surface area contributed by atoms with Crippen molar-refractivity contribution in [1.82, 2.24) is 10.6 Å². The lowest BCUT2D eigenvalue weighted by atomic mass is 9.92. The molecule has 2 aromatic rings. The van der Waals surface area contributed by atoms with Gasteiger partial charge in [-0.05, 0) is 23.3 Å². The highest BCUT2D eigenvalue weighted by molar-refractivity contribution is 5.79. The molecule has 2 atom stereocenters. The number of anilines is 1. The van der Waals surface area contributed by atoms with E-state index in [4.69, 9.17) is 0 Å². The number of halogens is 2. The van der Waals surface area contributed by atoms with Crippen molar-refractivity contribution in [3.8, 4) is 0 Å². The van der Waals surface area contributed by atoms with Crippen LogP contribution < -0.4 is 15.5 Å². The van der Waals surface area contributed by atoms with E-state index in [1.165, 1.54) is 12.1 Å². The molecule has 150 valence electrons. The summed E-state index contributed by atoms with van der Waals surface area (Å²) < 4.78 is 26.8. The molecule has 0 aromatic heterocycles. The Morgan fingerprint density at radius 2 is 1.75 bits per heavy atom. The monoisotopic (exact) mass is 387 g/mol. The number of carbonyl (C=O) groups excluding carboxylic acids is 1. The Kier molecular flexibility index (Phi) is 5.98. The maximum Gasteiger partial charge on any atom is 0.270 e. The molecule has 0 saturated carbocycles. The third-order valence-electron chi connectivity index (χ3n) is 5.22. The fraction of sp³-hybridized carbons (Fsp3) is 0.409. The molecule has 4 nitrogen and oxygen atoms in total. The molecule has 1 amide bonds. The summed E-state index contributed by atoms with van der Waals surface area (Å²) in [5.74, 6) is -2.81. The minimum atomic E-state index is -2.85. The number of alkyl halides is 2. The summed E-state index contributed by atoms with van der Waals surface area (Å²) in [6.45, 7) is 2.28. The Hall–Kier alpha value is -2.47. The minimum Gasteiger partial charge on any atom is -0.378 e. The molecule has 2 N–H and O–H groups in total. The molecule has 0 radical (unpaired) electrons. The number of hydrogen-bond donors (Lipinski definition) is 2. The average Bonchev–Trinajstić information content (AvgIpc) is 3.09. The number of nitrogens with one attached hydrogen (secondary N) is 2. The lowest BCUT2D eigenvalue weighted by Crippen LogP contribution is -2.40. The van der Waals surface area contributed by atoms with Gasteiger partial charge in [0.1, 0.15) is 0 Å². The van der Waals surface area contributed by atoms with Crippen LogP contribution in [0.5, 0.6) is 0 Å². The van der Waals surface area contributed by atoms with E-state index in [2.05, 4.69) is 10.6 Å². The van der Waals surface area contributed by atoms with Gasteiger partial charge in [-0.1, -0.05) is 36.4 Å². The van der Waals surface area contributed by atoms with Crippen molar-refractivity contribution >= 4 is 11.6 Å². The third kappa shape index (κ3) is 4.87. The van der Waals surface area contributed by atoms with Gasteiger partial charge in [-0.25, -0.2) is 8.78 Å².